The normalized spacial score (nSPS) is 42.8. The summed E-state index contributed by atoms with van der Waals surface area (Å²) in [6, 6.07) is 0. The van der Waals surface area contributed by atoms with Crippen molar-refractivity contribution in [3.63, 3.8) is 0 Å². The van der Waals surface area contributed by atoms with Gasteiger partial charge in [0.25, 0.3) is 0 Å². The number of fused-ring (bicyclic) bond motifs is 5. The van der Waals surface area contributed by atoms with E-state index >= 15 is 0 Å². The van der Waals surface area contributed by atoms with Gasteiger partial charge in [0.2, 0.25) is 0 Å². The third-order valence-electron chi connectivity index (χ3n) is 8.27. The molecule has 0 radical (unpaired) electrons. The predicted molar refractivity (Wildman–Crippen MR) is 102 cm³/mol. The number of rotatable bonds is 2. The summed E-state index contributed by atoms with van der Waals surface area (Å²) < 4.78 is 11.3. The number of allylic oxidation sites excluding steroid dienone is 4. The number of hydrogen-bond acceptors (Lipinski definition) is 4. The van der Waals surface area contributed by atoms with Crippen LogP contribution in [0.1, 0.15) is 72.6 Å². The molecule has 0 heterocycles. The van der Waals surface area contributed by atoms with Crippen LogP contribution in [-0.2, 0) is 19.1 Å². The van der Waals surface area contributed by atoms with Gasteiger partial charge in [-0.3, -0.25) is 9.59 Å². The average Bonchev–Trinajstić information content (AvgIpc) is 2.84. The predicted octanol–water partition coefficient (Wildman–Crippen LogP) is 4.94. The third kappa shape index (κ3) is 2.96. The molecule has 0 unspecified atom stereocenters. The minimum Gasteiger partial charge on any atom is -0.459 e. The lowest BCUT2D eigenvalue weighted by Gasteiger charge is -2.54. The zero-order valence-electron chi connectivity index (χ0n) is 17.0. The van der Waals surface area contributed by atoms with E-state index in [0.29, 0.717) is 23.7 Å². The Balaban J connectivity index is 1.58. The van der Waals surface area contributed by atoms with Crippen LogP contribution in [0.5, 0.6) is 0 Å². The molecule has 4 nitrogen and oxygen atoms in total. The van der Waals surface area contributed by atoms with E-state index in [1.807, 2.05) is 0 Å². The maximum atomic E-state index is 11.7. The lowest BCUT2D eigenvalue weighted by molar-refractivity contribution is -0.175. The molecular formula is C23H32O4. The highest BCUT2D eigenvalue weighted by molar-refractivity contribution is 5.67. The van der Waals surface area contributed by atoms with E-state index in [4.69, 9.17) is 9.47 Å². The smallest absolute Gasteiger partial charge is 0.307 e. The molecule has 0 amide bonds. The van der Waals surface area contributed by atoms with Gasteiger partial charge in [-0.15, -0.1) is 0 Å². The van der Waals surface area contributed by atoms with Crippen LogP contribution in [-0.4, -0.2) is 17.5 Å². The van der Waals surface area contributed by atoms with E-state index < -0.39 is 0 Å². The molecule has 0 aliphatic heterocycles. The van der Waals surface area contributed by atoms with Crippen LogP contribution < -0.4 is 0 Å². The second kappa shape index (κ2) is 6.49. The van der Waals surface area contributed by atoms with Crippen molar-refractivity contribution < 1.29 is 19.1 Å². The zero-order chi connectivity index (χ0) is 19.4. The standard InChI is InChI=1S/C23H32O4/c1-14(24)26-17-6-8-18-16(13-17)5-7-20-19(18)9-11-22(3)21(20)10-12-23(22,4)27-15(2)25/h5,13,18-21H,6-12H2,1-4H3/t18-,19-,20-,21-,22+,23+/m1/s1. The quantitative estimate of drug-likeness (QED) is 0.644. The topological polar surface area (TPSA) is 52.6 Å². The van der Waals surface area contributed by atoms with Gasteiger partial charge >= 0.3 is 11.9 Å². The summed E-state index contributed by atoms with van der Waals surface area (Å²) in [7, 11) is 0. The third-order valence-corrected chi connectivity index (χ3v) is 8.27. The molecular weight excluding hydrogens is 340 g/mol. The van der Waals surface area contributed by atoms with E-state index in [2.05, 4.69) is 26.0 Å². The molecule has 4 aliphatic carbocycles. The molecule has 4 aliphatic rings. The monoisotopic (exact) mass is 372 g/mol. The van der Waals surface area contributed by atoms with Gasteiger partial charge in [-0.1, -0.05) is 13.0 Å². The van der Waals surface area contributed by atoms with Crippen molar-refractivity contribution in [3.8, 4) is 0 Å². The van der Waals surface area contributed by atoms with Gasteiger partial charge in [-0.25, -0.2) is 0 Å². The van der Waals surface area contributed by atoms with Gasteiger partial charge in [-0.2, -0.15) is 0 Å². The fourth-order valence-electron chi connectivity index (χ4n) is 6.90. The van der Waals surface area contributed by atoms with Crippen LogP contribution in [0, 0.1) is 29.1 Å². The van der Waals surface area contributed by atoms with Gasteiger partial charge in [-0.05, 0) is 80.8 Å². The molecule has 6 atom stereocenters. The summed E-state index contributed by atoms with van der Waals surface area (Å²) in [6.07, 6.45) is 12.0. The molecule has 2 fully saturated rings. The maximum Gasteiger partial charge on any atom is 0.307 e. The molecule has 0 aromatic carbocycles. The minimum absolute atomic E-state index is 0.0819. The van der Waals surface area contributed by atoms with Crippen LogP contribution in [0.3, 0.4) is 0 Å². The molecule has 0 bridgehead atoms. The first-order valence-corrected chi connectivity index (χ1v) is 10.5. The van der Waals surface area contributed by atoms with Gasteiger partial charge in [0.05, 0.1) is 0 Å². The molecule has 0 saturated heterocycles. The molecule has 0 aromatic heterocycles. The summed E-state index contributed by atoms with van der Waals surface area (Å²) >= 11 is 0. The Morgan fingerprint density at radius 3 is 2.52 bits per heavy atom. The average molecular weight is 373 g/mol. The second-order valence-corrected chi connectivity index (χ2v) is 9.54. The Morgan fingerprint density at radius 2 is 1.81 bits per heavy atom. The van der Waals surface area contributed by atoms with Gasteiger partial charge in [0.15, 0.2) is 0 Å². The molecule has 2 saturated carbocycles. The number of ether oxygens (including phenoxy) is 2. The lowest BCUT2D eigenvalue weighted by atomic mass is 9.51. The van der Waals surface area contributed by atoms with Gasteiger partial charge in [0, 0.05) is 25.7 Å². The van der Waals surface area contributed by atoms with Crippen molar-refractivity contribution in [2.24, 2.45) is 29.1 Å². The van der Waals surface area contributed by atoms with Crippen LogP contribution in [0.25, 0.3) is 0 Å². The largest absolute Gasteiger partial charge is 0.459 e. The Kier molecular flexibility index (Phi) is 4.51. The number of carbonyl (C=O) groups is 2. The number of carbonyl (C=O) groups excluding carboxylic acids is 2. The van der Waals surface area contributed by atoms with E-state index in [0.717, 1.165) is 44.3 Å². The van der Waals surface area contributed by atoms with Crippen LogP contribution in [0.2, 0.25) is 0 Å². The number of esters is 2. The summed E-state index contributed by atoms with van der Waals surface area (Å²) in [4.78, 5) is 23.0. The number of hydrogen-bond donors (Lipinski definition) is 0. The summed E-state index contributed by atoms with van der Waals surface area (Å²) in [5.41, 5.74) is 1.13. The summed E-state index contributed by atoms with van der Waals surface area (Å²) in [5, 5.41) is 0. The van der Waals surface area contributed by atoms with Crippen molar-refractivity contribution in [2.45, 2.75) is 78.2 Å². The first-order valence-electron chi connectivity index (χ1n) is 10.5. The Labute approximate surface area is 162 Å². The maximum absolute atomic E-state index is 11.7. The van der Waals surface area contributed by atoms with Crippen LogP contribution in [0.15, 0.2) is 23.5 Å². The van der Waals surface area contributed by atoms with E-state index in [9.17, 15) is 9.59 Å². The van der Waals surface area contributed by atoms with Crippen LogP contribution in [0.4, 0.5) is 0 Å². The molecule has 4 rings (SSSR count). The van der Waals surface area contributed by atoms with Crippen molar-refractivity contribution in [3.05, 3.63) is 23.5 Å². The lowest BCUT2D eigenvalue weighted by Crippen LogP contribution is -2.52. The molecule has 0 spiro atoms. The van der Waals surface area contributed by atoms with Crippen LogP contribution >= 0.6 is 0 Å². The van der Waals surface area contributed by atoms with E-state index in [1.165, 1.54) is 25.8 Å². The molecule has 0 aromatic rings. The second-order valence-electron chi connectivity index (χ2n) is 9.54. The van der Waals surface area contributed by atoms with E-state index in [-0.39, 0.29) is 23.0 Å². The fraction of sp³-hybridized carbons (Fsp3) is 0.739. The summed E-state index contributed by atoms with van der Waals surface area (Å²) in [5.74, 6) is 3.05. The van der Waals surface area contributed by atoms with Crippen molar-refractivity contribution >= 4 is 11.9 Å². The first kappa shape index (κ1) is 18.8. The highest BCUT2D eigenvalue weighted by atomic mass is 16.6. The van der Waals surface area contributed by atoms with Crippen molar-refractivity contribution in [2.75, 3.05) is 0 Å². The molecule has 27 heavy (non-hydrogen) atoms. The molecule has 0 N–H and O–H groups in total. The Hall–Kier alpha value is -1.58. The highest BCUT2D eigenvalue weighted by Gasteiger charge is 2.62. The Morgan fingerprint density at radius 1 is 1.04 bits per heavy atom. The fourth-order valence-corrected chi connectivity index (χ4v) is 6.90. The van der Waals surface area contributed by atoms with Crippen molar-refractivity contribution in [1.82, 2.24) is 0 Å². The van der Waals surface area contributed by atoms with Gasteiger partial charge < -0.3 is 9.47 Å². The van der Waals surface area contributed by atoms with Gasteiger partial charge in [0.1, 0.15) is 11.4 Å². The molecule has 4 heteroatoms. The minimum atomic E-state index is -0.326. The Bertz CT molecular complexity index is 720. The summed E-state index contributed by atoms with van der Waals surface area (Å²) in [6.45, 7) is 7.54. The molecule has 148 valence electrons. The highest BCUT2D eigenvalue weighted by Crippen LogP contribution is 2.65. The first-order chi connectivity index (χ1) is 12.7. The zero-order valence-corrected chi connectivity index (χ0v) is 17.0. The SMILES string of the molecule is CC(=O)OC1=CC2=CC[C@@H]3[C@H](CC[C@@]4(C)[C@@H]3CC[C@]4(C)OC(C)=O)[C@@H]2CC1. The van der Waals surface area contributed by atoms with E-state index in [1.54, 1.807) is 0 Å². The van der Waals surface area contributed by atoms with Crippen molar-refractivity contribution in [1.29, 1.82) is 0 Å².